The molecule has 0 radical (unpaired) electrons. The molecule has 1 aliphatic heterocycles. The number of nitrogens with one attached hydrogen (secondary N) is 1. The van der Waals surface area contributed by atoms with E-state index in [1.807, 2.05) is 12.1 Å². The van der Waals surface area contributed by atoms with E-state index >= 15 is 0 Å². The highest BCUT2D eigenvalue weighted by molar-refractivity contribution is 5.94. The number of fused-ring (bicyclic) bond motifs is 1. The summed E-state index contributed by atoms with van der Waals surface area (Å²) in [5, 5.41) is 17.6. The molecule has 1 aliphatic rings. The molecule has 1 fully saturated rings. The number of aliphatic hydroxyl groups excluding tert-OH is 1. The Bertz CT molecular complexity index is 1010. The van der Waals surface area contributed by atoms with Crippen molar-refractivity contribution in [1.82, 2.24) is 24.6 Å². The van der Waals surface area contributed by atoms with Crippen molar-refractivity contribution in [2.45, 2.75) is 19.4 Å². The minimum Gasteiger partial charge on any atom is -0.390 e. The molecular weight excluding hydrogens is 356 g/mol. The Kier molecular flexibility index (Phi) is 5.06. The van der Waals surface area contributed by atoms with E-state index in [1.165, 1.54) is 0 Å². The van der Waals surface area contributed by atoms with Gasteiger partial charge in [0, 0.05) is 35.7 Å². The highest BCUT2D eigenvalue weighted by Gasteiger charge is 2.23. The van der Waals surface area contributed by atoms with E-state index in [0.29, 0.717) is 5.82 Å². The standard InChI is InChI=1S/C20H24N6O2/c1-25-5-3-13(4-6-25)20(28)24-19-8-14-7-15(9-21-17(14)11-22-19)16-10-23-26(2)18(16)12-27/h7-11,13,27H,3-6,12H2,1-2H3,(H,22,24,28). The van der Waals surface area contributed by atoms with E-state index < -0.39 is 0 Å². The molecule has 146 valence electrons. The molecule has 3 aromatic heterocycles. The molecule has 0 unspecified atom stereocenters. The molecule has 1 amide bonds. The van der Waals surface area contributed by atoms with Crippen LogP contribution in [0, 0.1) is 5.92 Å². The molecule has 0 spiro atoms. The van der Waals surface area contributed by atoms with Crippen molar-refractivity contribution in [3.05, 3.63) is 36.4 Å². The highest BCUT2D eigenvalue weighted by Crippen LogP contribution is 2.27. The number of pyridine rings is 2. The van der Waals surface area contributed by atoms with Gasteiger partial charge in [0.2, 0.25) is 5.91 Å². The van der Waals surface area contributed by atoms with Crippen LogP contribution in [0.4, 0.5) is 5.82 Å². The van der Waals surface area contributed by atoms with Crippen molar-refractivity contribution in [3.63, 3.8) is 0 Å². The summed E-state index contributed by atoms with van der Waals surface area (Å²) in [6.07, 6.45) is 6.87. The number of amides is 1. The Morgan fingerprint density at radius 1 is 1.18 bits per heavy atom. The van der Waals surface area contributed by atoms with Gasteiger partial charge in [-0.3, -0.25) is 14.5 Å². The van der Waals surface area contributed by atoms with Crippen LogP contribution in [0.15, 0.2) is 30.7 Å². The summed E-state index contributed by atoms with van der Waals surface area (Å²) in [6.45, 7) is 1.78. The van der Waals surface area contributed by atoms with Crippen LogP contribution in [0.1, 0.15) is 18.5 Å². The molecule has 4 rings (SSSR count). The molecule has 0 bridgehead atoms. The Morgan fingerprint density at radius 3 is 2.71 bits per heavy atom. The van der Waals surface area contributed by atoms with Gasteiger partial charge in [0.15, 0.2) is 0 Å². The third kappa shape index (κ3) is 3.61. The van der Waals surface area contributed by atoms with Crippen molar-refractivity contribution in [1.29, 1.82) is 0 Å². The maximum atomic E-state index is 12.6. The average molecular weight is 380 g/mol. The first kappa shape index (κ1) is 18.5. The van der Waals surface area contributed by atoms with Crippen molar-refractivity contribution < 1.29 is 9.90 Å². The molecule has 0 aliphatic carbocycles. The van der Waals surface area contributed by atoms with Crippen LogP contribution in [0.3, 0.4) is 0 Å². The third-order valence-corrected chi connectivity index (χ3v) is 5.43. The number of anilines is 1. The number of rotatable bonds is 4. The van der Waals surface area contributed by atoms with E-state index in [1.54, 1.807) is 30.3 Å². The zero-order valence-electron chi connectivity index (χ0n) is 16.1. The summed E-state index contributed by atoms with van der Waals surface area (Å²) in [6, 6.07) is 3.82. The molecule has 2 N–H and O–H groups in total. The molecule has 1 saturated heterocycles. The molecule has 28 heavy (non-hydrogen) atoms. The predicted molar refractivity (Wildman–Crippen MR) is 107 cm³/mol. The minimum atomic E-state index is -0.0991. The third-order valence-electron chi connectivity index (χ3n) is 5.43. The van der Waals surface area contributed by atoms with Crippen LogP contribution in [0.2, 0.25) is 0 Å². The first-order valence-corrected chi connectivity index (χ1v) is 9.42. The van der Waals surface area contributed by atoms with Crippen molar-refractivity contribution in [2.75, 3.05) is 25.5 Å². The zero-order valence-corrected chi connectivity index (χ0v) is 16.1. The number of carbonyl (C=O) groups excluding carboxylic acids is 1. The van der Waals surface area contributed by atoms with E-state index in [9.17, 15) is 9.90 Å². The monoisotopic (exact) mass is 380 g/mol. The van der Waals surface area contributed by atoms with Gasteiger partial charge in [0.1, 0.15) is 5.82 Å². The number of aryl methyl sites for hydroxylation is 1. The molecule has 8 nitrogen and oxygen atoms in total. The van der Waals surface area contributed by atoms with E-state index in [2.05, 4.69) is 32.3 Å². The van der Waals surface area contributed by atoms with Crippen LogP contribution in [-0.2, 0) is 18.4 Å². The molecule has 0 atom stereocenters. The van der Waals surface area contributed by atoms with Crippen LogP contribution in [0.5, 0.6) is 0 Å². The molecule has 4 heterocycles. The molecule has 0 saturated carbocycles. The maximum absolute atomic E-state index is 12.6. The smallest absolute Gasteiger partial charge is 0.228 e. The topological polar surface area (TPSA) is 96.2 Å². The number of aromatic nitrogens is 4. The summed E-state index contributed by atoms with van der Waals surface area (Å²) >= 11 is 0. The van der Waals surface area contributed by atoms with Gasteiger partial charge in [-0.15, -0.1) is 0 Å². The van der Waals surface area contributed by atoms with Crippen molar-refractivity contribution >= 4 is 22.6 Å². The van der Waals surface area contributed by atoms with Crippen LogP contribution in [-0.4, -0.2) is 55.8 Å². The van der Waals surface area contributed by atoms with Crippen LogP contribution in [0.25, 0.3) is 22.0 Å². The van der Waals surface area contributed by atoms with Crippen LogP contribution >= 0.6 is 0 Å². The number of aliphatic hydroxyl groups is 1. The lowest BCUT2D eigenvalue weighted by Gasteiger charge is -2.27. The van der Waals surface area contributed by atoms with E-state index in [-0.39, 0.29) is 18.4 Å². The van der Waals surface area contributed by atoms with Gasteiger partial charge in [-0.25, -0.2) is 4.98 Å². The fraction of sp³-hybridized carbons (Fsp3) is 0.400. The number of hydrogen-bond acceptors (Lipinski definition) is 6. The lowest BCUT2D eigenvalue weighted by Crippen LogP contribution is -2.36. The van der Waals surface area contributed by atoms with E-state index in [4.69, 9.17) is 0 Å². The van der Waals surface area contributed by atoms with E-state index in [0.717, 1.165) is 53.7 Å². The molecular formula is C20H24N6O2. The second kappa shape index (κ2) is 7.65. The molecule has 3 aromatic rings. The van der Waals surface area contributed by atoms with Crippen molar-refractivity contribution in [3.8, 4) is 11.1 Å². The fourth-order valence-electron chi connectivity index (χ4n) is 3.64. The predicted octanol–water partition coefficient (Wildman–Crippen LogP) is 1.80. The lowest BCUT2D eigenvalue weighted by atomic mass is 9.96. The fourth-order valence-corrected chi connectivity index (χ4v) is 3.64. The summed E-state index contributed by atoms with van der Waals surface area (Å²) in [5.41, 5.74) is 3.18. The Hall–Kier alpha value is -2.84. The number of piperidine rings is 1. The summed E-state index contributed by atoms with van der Waals surface area (Å²) in [7, 11) is 3.87. The van der Waals surface area contributed by atoms with Gasteiger partial charge in [-0.2, -0.15) is 5.10 Å². The second-order valence-electron chi connectivity index (χ2n) is 7.34. The van der Waals surface area contributed by atoms with Crippen LogP contribution < -0.4 is 5.32 Å². The quantitative estimate of drug-likeness (QED) is 0.717. The number of nitrogens with zero attached hydrogens (tertiary/aromatic N) is 5. The lowest BCUT2D eigenvalue weighted by molar-refractivity contribution is -0.121. The summed E-state index contributed by atoms with van der Waals surface area (Å²) in [4.78, 5) is 23.6. The van der Waals surface area contributed by atoms with Gasteiger partial charge in [-0.05, 0) is 45.1 Å². The normalized spacial score (nSPS) is 15.8. The largest absolute Gasteiger partial charge is 0.390 e. The average Bonchev–Trinajstić information content (AvgIpc) is 3.08. The Morgan fingerprint density at radius 2 is 1.96 bits per heavy atom. The summed E-state index contributed by atoms with van der Waals surface area (Å²) < 4.78 is 1.65. The summed E-state index contributed by atoms with van der Waals surface area (Å²) in [5.74, 6) is 0.587. The van der Waals surface area contributed by atoms with Gasteiger partial charge < -0.3 is 15.3 Å². The van der Waals surface area contributed by atoms with Crippen molar-refractivity contribution in [2.24, 2.45) is 13.0 Å². The Balaban J connectivity index is 1.58. The highest BCUT2D eigenvalue weighted by atomic mass is 16.3. The number of hydrogen-bond donors (Lipinski definition) is 2. The maximum Gasteiger partial charge on any atom is 0.228 e. The minimum absolute atomic E-state index is 0.0267. The zero-order chi connectivity index (χ0) is 19.7. The second-order valence-corrected chi connectivity index (χ2v) is 7.34. The van der Waals surface area contributed by atoms with Gasteiger partial charge in [0.25, 0.3) is 0 Å². The SMILES string of the molecule is CN1CCC(C(=O)Nc2cc3cc(-c4cnn(C)c4CO)cnc3cn2)CC1. The van der Waals surface area contributed by atoms with Gasteiger partial charge in [0.05, 0.1) is 30.2 Å². The first-order valence-electron chi connectivity index (χ1n) is 9.42. The number of carbonyl (C=O) groups is 1. The Labute approximate surface area is 163 Å². The first-order chi connectivity index (χ1) is 13.5. The number of likely N-dealkylation sites (tertiary alicyclic amines) is 1. The van der Waals surface area contributed by atoms with Gasteiger partial charge in [-0.1, -0.05) is 0 Å². The molecule has 0 aromatic carbocycles. The molecule has 8 heteroatoms. The van der Waals surface area contributed by atoms with Gasteiger partial charge >= 0.3 is 0 Å².